The molecule has 2 bridgehead atoms. The van der Waals surface area contributed by atoms with Crippen molar-refractivity contribution < 1.29 is 0 Å². The molecule has 1 aromatic heterocycles. The van der Waals surface area contributed by atoms with E-state index in [1.807, 2.05) is 17.5 Å². The van der Waals surface area contributed by atoms with Gasteiger partial charge in [-0.25, -0.2) is 4.98 Å². The topological polar surface area (TPSA) is 24.9 Å². The van der Waals surface area contributed by atoms with Crippen molar-refractivity contribution in [3.63, 3.8) is 0 Å². The molecule has 18 heavy (non-hydrogen) atoms. The molecule has 2 nitrogen and oxygen atoms in total. The molecule has 0 aliphatic heterocycles. The van der Waals surface area contributed by atoms with Crippen molar-refractivity contribution in [3.8, 4) is 0 Å². The highest BCUT2D eigenvalue weighted by Gasteiger charge is 2.39. The highest BCUT2D eigenvalue weighted by atomic mass is 32.1. The van der Waals surface area contributed by atoms with E-state index in [0.29, 0.717) is 6.04 Å². The van der Waals surface area contributed by atoms with Gasteiger partial charge in [0.15, 0.2) is 0 Å². The maximum atomic E-state index is 4.54. The standard InChI is InChI=1S/C15H24N2S/c1-3-14-9-17-15(18-14)10(2)16-8-13-7-11-4-5-12(13)6-11/h9-13,16H,3-8H2,1-2H3. The van der Waals surface area contributed by atoms with Gasteiger partial charge in [-0.05, 0) is 56.9 Å². The summed E-state index contributed by atoms with van der Waals surface area (Å²) in [6, 6.07) is 0.425. The third-order valence-corrected chi connectivity index (χ3v) is 6.19. The number of thiazole rings is 1. The molecule has 1 aromatic rings. The lowest BCUT2D eigenvalue weighted by Gasteiger charge is -2.23. The summed E-state index contributed by atoms with van der Waals surface area (Å²) in [7, 11) is 0. The lowest BCUT2D eigenvalue weighted by atomic mass is 9.89. The third kappa shape index (κ3) is 2.48. The van der Waals surface area contributed by atoms with Gasteiger partial charge in [-0.3, -0.25) is 0 Å². The van der Waals surface area contributed by atoms with Gasteiger partial charge >= 0.3 is 0 Å². The maximum Gasteiger partial charge on any atom is 0.109 e. The van der Waals surface area contributed by atoms with Crippen molar-refractivity contribution >= 4 is 11.3 Å². The largest absolute Gasteiger partial charge is 0.308 e. The minimum Gasteiger partial charge on any atom is -0.308 e. The van der Waals surface area contributed by atoms with E-state index in [-0.39, 0.29) is 0 Å². The van der Waals surface area contributed by atoms with Crippen LogP contribution in [0, 0.1) is 17.8 Å². The van der Waals surface area contributed by atoms with Crippen molar-refractivity contribution in [2.24, 2.45) is 17.8 Å². The molecule has 3 heteroatoms. The number of hydrogen-bond acceptors (Lipinski definition) is 3. The summed E-state index contributed by atoms with van der Waals surface area (Å²) in [6.45, 7) is 5.65. The van der Waals surface area contributed by atoms with Gasteiger partial charge in [-0.2, -0.15) is 0 Å². The number of rotatable bonds is 5. The molecule has 0 amide bonds. The van der Waals surface area contributed by atoms with Gasteiger partial charge in [-0.15, -0.1) is 11.3 Å². The molecule has 4 atom stereocenters. The molecule has 2 aliphatic carbocycles. The number of hydrogen-bond donors (Lipinski definition) is 1. The second kappa shape index (κ2) is 5.30. The first-order chi connectivity index (χ1) is 8.76. The Morgan fingerprint density at radius 3 is 2.94 bits per heavy atom. The van der Waals surface area contributed by atoms with E-state index >= 15 is 0 Å². The van der Waals surface area contributed by atoms with Gasteiger partial charge < -0.3 is 5.32 Å². The van der Waals surface area contributed by atoms with E-state index < -0.39 is 0 Å². The van der Waals surface area contributed by atoms with Crippen LogP contribution in [0.4, 0.5) is 0 Å². The van der Waals surface area contributed by atoms with Crippen LogP contribution < -0.4 is 5.32 Å². The van der Waals surface area contributed by atoms with Crippen molar-refractivity contribution in [2.75, 3.05) is 6.54 Å². The summed E-state index contributed by atoms with van der Waals surface area (Å²) in [5, 5.41) is 4.97. The van der Waals surface area contributed by atoms with Crippen LogP contribution in [0.3, 0.4) is 0 Å². The molecule has 0 saturated heterocycles. The summed E-state index contributed by atoms with van der Waals surface area (Å²) < 4.78 is 0. The average molecular weight is 264 g/mol. The summed E-state index contributed by atoms with van der Waals surface area (Å²) in [4.78, 5) is 5.94. The minimum atomic E-state index is 0.425. The normalized spacial score (nSPS) is 32.0. The Morgan fingerprint density at radius 1 is 1.44 bits per heavy atom. The first-order valence-corrected chi connectivity index (χ1v) is 8.26. The minimum absolute atomic E-state index is 0.425. The summed E-state index contributed by atoms with van der Waals surface area (Å²) in [5.41, 5.74) is 0. The molecule has 0 spiro atoms. The highest BCUT2D eigenvalue weighted by molar-refractivity contribution is 7.11. The van der Waals surface area contributed by atoms with E-state index in [1.54, 1.807) is 0 Å². The Bertz CT molecular complexity index is 401. The Balaban J connectivity index is 1.50. The SMILES string of the molecule is CCc1cnc(C(C)NCC2CC3CCC2C3)s1. The fourth-order valence-electron chi connectivity index (χ4n) is 3.73. The average Bonchev–Trinajstić information content (AvgIpc) is 3.10. The molecule has 2 aliphatic rings. The van der Waals surface area contributed by atoms with Crippen molar-refractivity contribution in [2.45, 2.75) is 52.0 Å². The Morgan fingerprint density at radius 2 is 2.33 bits per heavy atom. The van der Waals surface area contributed by atoms with Crippen molar-refractivity contribution in [1.82, 2.24) is 10.3 Å². The predicted octanol–water partition coefficient (Wildman–Crippen LogP) is 3.79. The molecule has 1 heterocycles. The Kier molecular flexibility index (Phi) is 3.71. The van der Waals surface area contributed by atoms with Crippen LogP contribution in [0.2, 0.25) is 0 Å². The van der Waals surface area contributed by atoms with Gasteiger partial charge in [0.1, 0.15) is 5.01 Å². The zero-order chi connectivity index (χ0) is 12.5. The Hall–Kier alpha value is -0.410. The van der Waals surface area contributed by atoms with E-state index in [9.17, 15) is 0 Å². The number of nitrogens with one attached hydrogen (secondary N) is 1. The molecule has 0 radical (unpaired) electrons. The lowest BCUT2D eigenvalue weighted by Crippen LogP contribution is -2.28. The molecule has 0 aromatic carbocycles. The van der Waals surface area contributed by atoms with Crippen LogP contribution in [0.1, 0.15) is 55.5 Å². The highest BCUT2D eigenvalue weighted by Crippen LogP contribution is 2.48. The van der Waals surface area contributed by atoms with Gasteiger partial charge in [0.25, 0.3) is 0 Å². The van der Waals surface area contributed by atoms with E-state index in [0.717, 1.165) is 24.2 Å². The maximum absolute atomic E-state index is 4.54. The van der Waals surface area contributed by atoms with E-state index in [2.05, 4.69) is 24.1 Å². The molecular formula is C15H24N2S. The quantitative estimate of drug-likeness (QED) is 0.875. The molecular weight excluding hydrogens is 240 g/mol. The molecule has 2 saturated carbocycles. The second-order valence-corrected chi connectivity index (χ2v) is 7.23. The number of fused-ring (bicyclic) bond motifs is 2. The monoisotopic (exact) mass is 264 g/mol. The van der Waals surface area contributed by atoms with Crippen LogP contribution in [-0.4, -0.2) is 11.5 Å². The zero-order valence-electron chi connectivity index (χ0n) is 11.5. The lowest BCUT2D eigenvalue weighted by molar-refractivity contribution is 0.309. The van der Waals surface area contributed by atoms with Gasteiger partial charge in [0, 0.05) is 11.1 Å². The van der Waals surface area contributed by atoms with E-state index in [4.69, 9.17) is 0 Å². The fourth-order valence-corrected chi connectivity index (χ4v) is 4.61. The number of aryl methyl sites for hydroxylation is 1. The van der Waals surface area contributed by atoms with Gasteiger partial charge in [-0.1, -0.05) is 13.3 Å². The summed E-state index contributed by atoms with van der Waals surface area (Å²) in [5.74, 6) is 3.03. The Labute approximate surface area is 114 Å². The summed E-state index contributed by atoms with van der Waals surface area (Å²) >= 11 is 1.87. The smallest absolute Gasteiger partial charge is 0.109 e. The van der Waals surface area contributed by atoms with Crippen LogP contribution in [-0.2, 0) is 6.42 Å². The first-order valence-electron chi connectivity index (χ1n) is 7.44. The van der Waals surface area contributed by atoms with Crippen LogP contribution in [0.5, 0.6) is 0 Å². The number of nitrogens with zero attached hydrogens (tertiary/aromatic N) is 1. The molecule has 2 fully saturated rings. The second-order valence-electron chi connectivity index (χ2n) is 6.08. The van der Waals surface area contributed by atoms with E-state index in [1.165, 1.54) is 42.1 Å². The molecule has 100 valence electrons. The molecule has 1 N–H and O–H groups in total. The molecule has 4 unspecified atom stereocenters. The van der Waals surface area contributed by atoms with Gasteiger partial charge in [0.2, 0.25) is 0 Å². The van der Waals surface area contributed by atoms with Crippen molar-refractivity contribution in [3.05, 3.63) is 16.1 Å². The molecule has 3 rings (SSSR count). The summed E-state index contributed by atoms with van der Waals surface area (Å²) in [6.07, 6.45) is 9.12. The first kappa shape index (κ1) is 12.6. The van der Waals surface area contributed by atoms with Crippen LogP contribution in [0.25, 0.3) is 0 Å². The van der Waals surface area contributed by atoms with Crippen LogP contribution in [0.15, 0.2) is 6.20 Å². The third-order valence-electron chi connectivity index (χ3n) is 4.86. The van der Waals surface area contributed by atoms with Crippen LogP contribution >= 0.6 is 11.3 Å². The number of aromatic nitrogens is 1. The predicted molar refractivity (Wildman–Crippen MR) is 76.8 cm³/mol. The fraction of sp³-hybridized carbons (Fsp3) is 0.800. The van der Waals surface area contributed by atoms with Gasteiger partial charge in [0.05, 0.1) is 6.04 Å². The zero-order valence-corrected chi connectivity index (χ0v) is 12.3. The van der Waals surface area contributed by atoms with Crippen molar-refractivity contribution in [1.29, 1.82) is 0 Å².